The summed E-state index contributed by atoms with van der Waals surface area (Å²) in [6.45, 7) is 4.38. The standard InChI is InChI=1S/C14H21NO2/c1-4-17-14(16)13(15-3)10-11(2)12-8-6-5-7-9-12/h5-9,11,13,15H,4,10H2,1-3H3. The Labute approximate surface area is 103 Å². The van der Waals surface area contributed by atoms with Crippen molar-refractivity contribution in [2.24, 2.45) is 0 Å². The van der Waals surface area contributed by atoms with Crippen LogP contribution in [-0.4, -0.2) is 25.7 Å². The summed E-state index contributed by atoms with van der Waals surface area (Å²) in [7, 11) is 1.79. The molecule has 1 aromatic rings. The molecule has 0 aliphatic rings. The van der Waals surface area contributed by atoms with E-state index in [1.807, 2.05) is 25.1 Å². The van der Waals surface area contributed by atoms with Crippen LogP contribution >= 0.6 is 0 Å². The highest BCUT2D eigenvalue weighted by Gasteiger charge is 2.20. The number of carbonyl (C=O) groups excluding carboxylic acids is 1. The van der Waals surface area contributed by atoms with Crippen LogP contribution in [0, 0.1) is 0 Å². The summed E-state index contributed by atoms with van der Waals surface area (Å²) in [5.41, 5.74) is 1.25. The third-order valence-electron chi connectivity index (χ3n) is 2.88. The summed E-state index contributed by atoms with van der Waals surface area (Å²) >= 11 is 0. The Morgan fingerprint density at radius 2 is 2.00 bits per heavy atom. The van der Waals surface area contributed by atoms with Gasteiger partial charge in [0.1, 0.15) is 6.04 Å². The molecule has 17 heavy (non-hydrogen) atoms. The maximum absolute atomic E-state index is 11.7. The van der Waals surface area contributed by atoms with Crippen molar-refractivity contribution in [2.75, 3.05) is 13.7 Å². The first-order valence-corrected chi connectivity index (χ1v) is 6.07. The zero-order chi connectivity index (χ0) is 12.7. The van der Waals surface area contributed by atoms with Gasteiger partial charge in [0.05, 0.1) is 6.61 Å². The molecule has 2 atom stereocenters. The number of ether oxygens (including phenoxy) is 1. The molecule has 3 heteroatoms. The molecule has 3 nitrogen and oxygen atoms in total. The molecule has 2 unspecified atom stereocenters. The van der Waals surface area contributed by atoms with E-state index in [0.29, 0.717) is 12.5 Å². The smallest absolute Gasteiger partial charge is 0.323 e. The maximum Gasteiger partial charge on any atom is 0.323 e. The molecule has 0 aromatic heterocycles. The molecule has 0 saturated carbocycles. The normalized spacial score (nSPS) is 14.1. The number of benzene rings is 1. The summed E-state index contributed by atoms with van der Waals surface area (Å²) in [6, 6.07) is 9.97. The predicted molar refractivity (Wildman–Crippen MR) is 69.0 cm³/mol. The fourth-order valence-electron chi connectivity index (χ4n) is 1.85. The van der Waals surface area contributed by atoms with Crippen molar-refractivity contribution in [1.82, 2.24) is 5.32 Å². The Morgan fingerprint density at radius 1 is 1.35 bits per heavy atom. The monoisotopic (exact) mass is 235 g/mol. The van der Waals surface area contributed by atoms with Crippen molar-refractivity contribution >= 4 is 5.97 Å². The lowest BCUT2D eigenvalue weighted by molar-refractivity contribution is -0.145. The number of nitrogens with one attached hydrogen (secondary N) is 1. The minimum Gasteiger partial charge on any atom is -0.465 e. The number of rotatable bonds is 6. The van der Waals surface area contributed by atoms with Gasteiger partial charge in [-0.25, -0.2) is 0 Å². The predicted octanol–water partition coefficient (Wildman–Crippen LogP) is 2.33. The zero-order valence-corrected chi connectivity index (χ0v) is 10.8. The van der Waals surface area contributed by atoms with Crippen LogP contribution in [0.1, 0.15) is 31.7 Å². The Kier molecular flexibility index (Phi) is 5.70. The van der Waals surface area contributed by atoms with Crippen molar-refractivity contribution < 1.29 is 9.53 Å². The fraction of sp³-hybridized carbons (Fsp3) is 0.500. The van der Waals surface area contributed by atoms with E-state index in [2.05, 4.69) is 24.4 Å². The van der Waals surface area contributed by atoms with E-state index in [0.717, 1.165) is 6.42 Å². The lowest BCUT2D eigenvalue weighted by Gasteiger charge is -2.19. The molecule has 0 bridgehead atoms. The zero-order valence-electron chi connectivity index (χ0n) is 10.8. The van der Waals surface area contributed by atoms with Crippen LogP contribution in [-0.2, 0) is 9.53 Å². The third-order valence-corrected chi connectivity index (χ3v) is 2.88. The van der Waals surface area contributed by atoms with Crippen LogP contribution in [0.25, 0.3) is 0 Å². The summed E-state index contributed by atoms with van der Waals surface area (Å²) in [5, 5.41) is 3.01. The molecule has 0 heterocycles. The van der Waals surface area contributed by atoms with Gasteiger partial charge in [0.15, 0.2) is 0 Å². The SMILES string of the molecule is CCOC(=O)C(CC(C)c1ccccc1)NC. The molecule has 1 aromatic carbocycles. The molecule has 94 valence electrons. The lowest BCUT2D eigenvalue weighted by Crippen LogP contribution is -2.36. The number of carbonyl (C=O) groups is 1. The van der Waals surface area contributed by atoms with Crippen LogP contribution in [0.3, 0.4) is 0 Å². The van der Waals surface area contributed by atoms with E-state index in [4.69, 9.17) is 4.74 Å². The molecule has 0 amide bonds. The van der Waals surface area contributed by atoms with Gasteiger partial charge in [0.25, 0.3) is 0 Å². The molecule has 1 rings (SSSR count). The molecule has 0 radical (unpaired) electrons. The second kappa shape index (κ2) is 7.07. The lowest BCUT2D eigenvalue weighted by atomic mass is 9.94. The quantitative estimate of drug-likeness (QED) is 0.769. The molecule has 0 aliphatic carbocycles. The van der Waals surface area contributed by atoms with Gasteiger partial charge in [-0.15, -0.1) is 0 Å². The number of esters is 1. The van der Waals surface area contributed by atoms with Crippen molar-refractivity contribution in [3.63, 3.8) is 0 Å². The number of hydrogen-bond acceptors (Lipinski definition) is 3. The third kappa shape index (κ3) is 4.19. The van der Waals surface area contributed by atoms with Crippen LogP contribution in [0.15, 0.2) is 30.3 Å². The van der Waals surface area contributed by atoms with Gasteiger partial charge in [-0.3, -0.25) is 4.79 Å². The minimum atomic E-state index is -0.231. The summed E-state index contributed by atoms with van der Waals surface area (Å²) in [6.07, 6.45) is 0.749. The first-order chi connectivity index (χ1) is 8.19. The summed E-state index contributed by atoms with van der Waals surface area (Å²) in [4.78, 5) is 11.7. The summed E-state index contributed by atoms with van der Waals surface area (Å²) in [5.74, 6) is 0.163. The van der Waals surface area contributed by atoms with E-state index in [9.17, 15) is 4.79 Å². The number of likely N-dealkylation sites (N-methyl/N-ethyl adjacent to an activating group) is 1. The fourth-order valence-corrected chi connectivity index (χ4v) is 1.85. The van der Waals surface area contributed by atoms with Crippen molar-refractivity contribution in [1.29, 1.82) is 0 Å². The van der Waals surface area contributed by atoms with E-state index in [1.165, 1.54) is 5.56 Å². The first-order valence-electron chi connectivity index (χ1n) is 6.07. The molecular formula is C14H21NO2. The highest BCUT2D eigenvalue weighted by molar-refractivity contribution is 5.75. The molecule has 0 saturated heterocycles. The van der Waals surface area contributed by atoms with E-state index < -0.39 is 0 Å². The Balaban J connectivity index is 2.59. The van der Waals surface area contributed by atoms with Gasteiger partial charge in [-0.1, -0.05) is 37.3 Å². The van der Waals surface area contributed by atoms with Crippen LogP contribution in [0.2, 0.25) is 0 Å². The van der Waals surface area contributed by atoms with Crippen molar-refractivity contribution in [3.05, 3.63) is 35.9 Å². The van der Waals surface area contributed by atoms with Crippen molar-refractivity contribution in [3.8, 4) is 0 Å². The Morgan fingerprint density at radius 3 is 2.53 bits per heavy atom. The summed E-state index contributed by atoms with van der Waals surface area (Å²) < 4.78 is 5.03. The van der Waals surface area contributed by atoms with Crippen LogP contribution in [0.5, 0.6) is 0 Å². The number of hydrogen-bond donors (Lipinski definition) is 1. The van der Waals surface area contributed by atoms with Gasteiger partial charge in [0, 0.05) is 0 Å². The molecule has 1 N–H and O–H groups in total. The Hall–Kier alpha value is -1.35. The highest BCUT2D eigenvalue weighted by atomic mass is 16.5. The molecular weight excluding hydrogens is 214 g/mol. The van der Waals surface area contributed by atoms with E-state index in [-0.39, 0.29) is 12.0 Å². The largest absolute Gasteiger partial charge is 0.465 e. The van der Waals surface area contributed by atoms with Crippen LogP contribution < -0.4 is 5.32 Å². The Bertz CT molecular complexity index is 337. The van der Waals surface area contributed by atoms with Gasteiger partial charge in [-0.05, 0) is 31.9 Å². The van der Waals surface area contributed by atoms with Gasteiger partial charge in [-0.2, -0.15) is 0 Å². The van der Waals surface area contributed by atoms with Gasteiger partial charge < -0.3 is 10.1 Å². The average molecular weight is 235 g/mol. The topological polar surface area (TPSA) is 38.3 Å². The van der Waals surface area contributed by atoms with E-state index >= 15 is 0 Å². The second-order valence-electron chi connectivity index (χ2n) is 4.14. The molecule has 0 spiro atoms. The average Bonchev–Trinajstić information content (AvgIpc) is 2.37. The van der Waals surface area contributed by atoms with E-state index in [1.54, 1.807) is 7.05 Å². The molecule has 0 fully saturated rings. The van der Waals surface area contributed by atoms with Gasteiger partial charge >= 0.3 is 5.97 Å². The van der Waals surface area contributed by atoms with Crippen LogP contribution in [0.4, 0.5) is 0 Å². The first kappa shape index (κ1) is 13.7. The van der Waals surface area contributed by atoms with Gasteiger partial charge in [0.2, 0.25) is 0 Å². The minimum absolute atomic E-state index is 0.169. The van der Waals surface area contributed by atoms with Crippen molar-refractivity contribution in [2.45, 2.75) is 32.2 Å². The molecule has 0 aliphatic heterocycles. The maximum atomic E-state index is 11.7. The highest BCUT2D eigenvalue weighted by Crippen LogP contribution is 2.20. The second-order valence-corrected chi connectivity index (χ2v) is 4.14.